The van der Waals surface area contributed by atoms with Crippen molar-refractivity contribution in [1.29, 1.82) is 0 Å². The summed E-state index contributed by atoms with van der Waals surface area (Å²) in [7, 11) is -2.86. The van der Waals surface area contributed by atoms with Crippen LogP contribution < -0.4 is 9.05 Å². The van der Waals surface area contributed by atoms with Crippen molar-refractivity contribution in [3.63, 3.8) is 0 Å². The number of hydrogen-bond acceptors (Lipinski definition) is 11. The summed E-state index contributed by atoms with van der Waals surface area (Å²) in [5.41, 5.74) is 0.474. The predicted molar refractivity (Wildman–Crippen MR) is 152 cm³/mol. The molecular formula is C21H24Cl2N7O6P3. The summed E-state index contributed by atoms with van der Waals surface area (Å²) in [5, 5.41) is 23.1. The van der Waals surface area contributed by atoms with Crippen LogP contribution in [0.2, 0.25) is 0 Å². The summed E-state index contributed by atoms with van der Waals surface area (Å²) in [5.74, 6) is 0.503. The van der Waals surface area contributed by atoms with Gasteiger partial charge in [-0.3, -0.25) is 20.2 Å². The van der Waals surface area contributed by atoms with Crippen molar-refractivity contribution in [3.8, 4) is 11.5 Å². The molecule has 2 saturated heterocycles. The van der Waals surface area contributed by atoms with E-state index in [1.54, 1.807) is 0 Å². The summed E-state index contributed by atoms with van der Waals surface area (Å²) < 4.78 is 32.1. The van der Waals surface area contributed by atoms with Crippen molar-refractivity contribution >= 4 is 54.9 Å². The van der Waals surface area contributed by atoms with E-state index in [0.29, 0.717) is 11.1 Å². The van der Waals surface area contributed by atoms with Gasteiger partial charge in [0, 0.05) is 68.0 Å². The maximum atomic E-state index is 11.6. The van der Waals surface area contributed by atoms with Crippen LogP contribution in [0.4, 0.5) is 11.4 Å². The van der Waals surface area contributed by atoms with E-state index in [0.717, 1.165) is 51.9 Å². The molecule has 0 saturated carbocycles. The standard InChI is InChI=1S/C21H24Cl2N7O6P3/c22-37-24-38(23,26-39(25-37,27-9-1-2-10-27)28-11-3-4-12-28)36-21-8-6-19(30(33)34)15-17(21)13-16-14-18(29(31)32)5-7-20(16)35-37/h5-8,14-15H,1-4,9-13H2. The van der Waals surface area contributed by atoms with Gasteiger partial charge in [0.25, 0.3) is 11.4 Å². The minimum absolute atomic E-state index is 0.0281. The number of nitro groups is 2. The van der Waals surface area contributed by atoms with Crippen LogP contribution in [0.25, 0.3) is 0 Å². The summed E-state index contributed by atoms with van der Waals surface area (Å²) >= 11 is 14.3. The van der Waals surface area contributed by atoms with Gasteiger partial charge in [-0.15, -0.1) is 4.52 Å². The number of non-ortho nitro benzene ring substituents is 2. The van der Waals surface area contributed by atoms with E-state index in [-0.39, 0.29) is 29.3 Å². The van der Waals surface area contributed by atoms with Crippen molar-refractivity contribution in [1.82, 2.24) is 9.34 Å². The van der Waals surface area contributed by atoms with Crippen molar-refractivity contribution in [2.75, 3.05) is 26.2 Å². The molecule has 2 bridgehead atoms. The molecule has 2 unspecified atom stereocenters. The number of nitrogens with zero attached hydrogens (tertiary/aromatic N) is 7. The third-order valence-corrected chi connectivity index (χ3v) is 18.4. The van der Waals surface area contributed by atoms with Gasteiger partial charge in [-0.25, -0.2) is 9.34 Å². The Bertz CT molecular complexity index is 1470. The summed E-state index contributed by atoms with van der Waals surface area (Å²) in [6.45, 7) is -3.95. The molecule has 208 valence electrons. The van der Waals surface area contributed by atoms with E-state index in [9.17, 15) is 20.2 Å². The second-order valence-electron chi connectivity index (χ2n) is 9.53. The average molecular weight is 634 g/mol. The molecule has 4 aliphatic heterocycles. The Kier molecular flexibility index (Phi) is 7.08. The monoisotopic (exact) mass is 633 g/mol. The zero-order valence-electron chi connectivity index (χ0n) is 20.5. The second-order valence-corrected chi connectivity index (χ2v) is 18.8. The maximum absolute atomic E-state index is 11.6. The van der Waals surface area contributed by atoms with E-state index >= 15 is 0 Å². The van der Waals surface area contributed by atoms with Crippen LogP contribution in [0.1, 0.15) is 36.8 Å². The van der Waals surface area contributed by atoms with Crippen LogP contribution in [-0.2, 0) is 6.42 Å². The van der Waals surface area contributed by atoms with Gasteiger partial charge in [0.2, 0.25) is 7.51 Å². The SMILES string of the molecule is O=[N+]([O-])c1ccc2c(c1)Cc1cc([N+](=O)[O-])ccc1OP1(Cl)=NP(N3CCCC3)(N3CCCC3)=NP(Cl)(=N1)O2. The third kappa shape index (κ3) is 5.15. The maximum Gasteiger partial charge on any atom is 0.352 e. The quantitative estimate of drug-likeness (QED) is 0.185. The highest BCUT2D eigenvalue weighted by Gasteiger charge is 2.47. The number of fused-ring (bicyclic) bond motifs is 3. The zero-order valence-corrected chi connectivity index (χ0v) is 24.7. The first-order valence-corrected chi connectivity index (χ1v) is 19.0. The first-order chi connectivity index (χ1) is 18.6. The van der Waals surface area contributed by atoms with E-state index < -0.39 is 30.9 Å². The molecule has 2 aromatic carbocycles. The largest absolute Gasteiger partial charge is 0.430 e. The van der Waals surface area contributed by atoms with Crippen molar-refractivity contribution in [3.05, 3.63) is 67.8 Å². The molecular weight excluding hydrogens is 610 g/mol. The highest BCUT2D eigenvalue weighted by Crippen LogP contribution is 2.84. The topological polar surface area (TPSA) is 148 Å². The van der Waals surface area contributed by atoms with Crippen LogP contribution in [0.5, 0.6) is 11.5 Å². The Morgan fingerprint density at radius 2 is 1.15 bits per heavy atom. The van der Waals surface area contributed by atoms with Crippen molar-refractivity contribution in [2.24, 2.45) is 13.5 Å². The minimum atomic E-state index is -3.52. The van der Waals surface area contributed by atoms with Crippen LogP contribution in [0.15, 0.2) is 49.9 Å². The van der Waals surface area contributed by atoms with Gasteiger partial charge in [0.05, 0.1) is 9.85 Å². The molecule has 2 atom stereocenters. The van der Waals surface area contributed by atoms with E-state index in [1.807, 2.05) is 0 Å². The average Bonchev–Trinajstić information content (AvgIpc) is 3.60. The normalized spacial score (nSPS) is 27.9. The van der Waals surface area contributed by atoms with E-state index in [2.05, 4.69) is 13.9 Å². The molecule has 13 nitrogen and oxygen atoms in total. The first kappa shape index (κ1) is 27.2. The van der Waals surface area contributed by atoms with E-state index in [1.165, 1.54) is 36.4 Å². The molecule has 0 radical (unpaired) electrons. The van der Waals surface area contributed by atoms with Crippen LogP contribution in [0.3, 0.4) is 0 Å². The summed E-state index contributed by atoms with van der Waals surface area (Å²) in [4.78, 5) is 22.1. The predicted octanol–water partition coefficient (Wildman–Crippen LogP) is 8.39. The van der Waals surface area contributed by atoms with E-state index in [4.69, 9.17) is 40.6 Å². The lowest BCUT2D eigenvalue weighted by molar-refractivity contribution is -0.385. The molecule has 4 heterocycles. The Morgan fingerprint density at radius 1 is 0.718 bits per heavy atom. The van der Waals surface area contributed by atoms with Gasteiger partial charge in [-0.2, -0.15) is 9.03 Å². The molecule has 2 fully saturated rings. The molecule has 4 aliphatic rings. The molecule has 0 amide bonds. The lowest BCUT2D eigenvalue weighted by Crippen LogP contribution is -2.28. The summed E-state index contributed by atoms with van der Waals surface area (Å²) in [6, 6.07) is 8.30. The van der Waals surface area contributed by atoms with Crippen molar-refractivity contribution in [2.45, 2.75) is 32.1 Å². The Balaban J connectivity index is 1.63. The van der Waals surface area contributed by atoms with Gasteiger partial charge in [0.1, 0.15) is 11.5 Å². The van der Waals surface area contributed by atoms with Crippen LogP contribution >= 0.6 is 43.6 Å². The first-order valence-electron chi connectivity index (χ1n) is 12.3. The Hall–Kier alpha value is -1.97. The van der Waals surface area contributed by atoms with Crippen LogP contribution in [0, 0.1) is 20.2 Å². The van der Waals surface area contributed by atoms with Gasteiger partial charge >= 0.3 is 13.6 Å². The van der Waals surface area contributed by atoms with Gasteiger partial charge in [-0.05, 0) is 60.3 Å². The van der Waals surface area contributed by atoms with Gasteiger partial charge < -0.3 is 9.05 Å². The molecule has 0 N–H and O–H groups in total. The Labute approximate surface area is 233 Å². The lowest BCUT2D eigenvalue weighted by atomic mass is 10.0. The second kappa shape index (κ2) is 10.1. The fraction of sp³-hybridized carbons (Fsp3) is 0.429. The van der Waals surface area contributed by atoms with Gasteiger partial charge in [0.15, 0.2) is 0 Å². The molecule has 0 aliphatic carbocycles. The summed E-state index contributed by atoms with van der Waals surface area (Å²) in [6.07, 6.45) is 3.97. The van der Waals surface area contributed by atoms with Crippen LogP contribution in [-0.4, -0.2) is 45.4 Å². The zero-order chi connectivity index (χ0) is 27.4. The highest BCUT2D eigenvalue weighted by molar-refractivity contribution is 8.01. The third-order valence-electron chi connectivity index (χ3n) is 6.92. The molecule has 2 aromatic rings. The number of benzene rings is 2. The van der Waals surface area contributed by atoms with Gasteiger partial charge in [-0.1, -0.05) is 0 Å². The lowest BCUT2D eigenvalue weighted by Gasteiger charge is -2.40. The number of hydrogen-bond donors (Lipinski definition) is 0. The Morgan fingerprint density at radius 3 is 1.59 bits per heavy atom. The molecule has 0 aromatic heterocycles. The fourth-order valence-electron chi connectivity index (χ4n) is 5.17. The molecule has 6 rings (SSSR count). The number of nitro benzene ring substituents is 2. The minimum Gasteiger partial charge on any atom is -0.430 e. The number of rotatable bonds is 4. The molecule has 18 heteroatoms. The van der Waals surface area contributed by atoms with Crippen molar-refractivity contribution < 1.29 is 18.9 Å². The molecule has 39 heavy (non-hydrogen) atoms. The highest BCUT2D eigenvalue weighted by atomic mass is 35.7. The molecule has 0 spiro atoms. The fourth-order valence-corrected chi connectivity index (χ4v) is 19.3. The number of halogens is 2. The smallest absolute Gasteiger partial charge is 0.352 e.